The standard InChI is InChI=1S/C19H24N2O3S/c1-13-6-8-16(9-7-13)12-20-19(22)17-10-14(2)15(3)18(11-17)25(23,24)21(4)5/h6-11H,12H2,1-5H3,(H,20,22). The summed E-state index contributed by atoms with van der Waals surface area (Å²) in [5, 5.41) is 2.84. The highest BCUT2D eigenvalue weighted by Gasteiger charge is 2.22. The molecule has 0 radical (unpaired) electrons. The fourth-order valence-corrected chi connectivity index (χ4v) is 3.63. The van der Waals surface area contributed by atoms with Gasteiger partial charge in [-0.2, -0.15) is 0 Å². The third-order valence-corrected chi connectivity index (χ3v) is 6.16. The summed E-state index contributed by atoms with van der Waals surface area (Å²) in [5.41, 5.74) is 3.91. The van der Waals surface area contributed by atoms with Crippen LogP contribution in [0.15, 0.2) is 41.3 Å². The molecule has 134 valence electrons. The maximum absolute atomic E-state index is 12.5. The van der Waals surface area contributed by atoms with E-state index in [1.165, 1.54) is 20.2 Å². The van der Waals surface area contributed by atoms with E-state index in [1.807, 2.05) is 31.2 Å². The van der Waals surface area contributed by atoms with Gasteiger partial charge in [0.1, 0.15) is 0 Å². The lowest BCUT2D eigenvalue weighted by Gasteiger charge is -2.16. The van der Waals surface area contributed by atoms with E-state index in [2.05, 4.69) is 5.32 Å². The van der Waals surface area contributed by atoms with E-state index in [0.29, 0.717) is 17.7 Å². The Bertz CT molecular complexity index is 886. The molecule has 0 saturated carbocycles. The molecule has 1 amide bonds. The minimum atomic E-state index is -3.60. The first-order valence-corrected chi connectivity index (χ1v) is 9.44. The minimum absolute atomic E-state index is 0.165. The second-order valence-electron chi connectivity index (χ2n) is 6.37. The Morgan fingerprint density at radius 3 is 2.20 bits per heavy atom. The van der Waals surface area contributed by atoms with Crippen molar-refractivity contribution >= 4 is 15.9 Å². The predicted molar refractivity (Wildman–Crippen MR) is 99.1 cm³/mol. The number of sulfonamides is 1. The van der Waals surface area contributed by atoms with Crippen LogP contribution in [-0.2, 0) is 16.6 Å². The fraction of sp³-hybridized carbons (Fsp3) is 0.316. The van der Waals surface area contributed by atoms with E-state index in [9.17, 15) is 13.2 Å². The van der Waals surface area contributed by atoms with Gasteiger partial charge in [0.25, 0.3) is 5.91 Å². The molecule has 0 atom stereocenters. The van der Waals surface area contributed by atoms with Crippen molar-refractivity contribution in [2.45, 2.75) is 32.2 Å². The topological polar surface area (TPSA) is 66.5 Å². The van der Waals surface area contributed by atoms with E-state index < -0.39 is 10.0 Å². The van der Waals surface area contributed by atoms with Gasteiger partial charge in [-0.15, -0.1) is 0 Å². The number of carbonyl (C=O) groups excluding carboxylic acids is 1. The number of rotatable bonds is 5. The van der Waals surface area contributed by atoms with Crippen molar-refractivity contribution in [3.05, 3.63) is 64.2 Å². The van der Waals surface area contributed by atoms with Gasteiger partial charge >= 0.3 is 0 Å². The van der Waals surface area contributed by atoms with Crippen molar-refractivity contribution in [3.63, 3.8) is 0 Å². The van der Waals surface area contributed by atoms with Gasteiger partial charge in [-0.3, -0.25) is 4.79 Å². The van der Waals surface area contributed by atoms with Crippen LogP contribution in [0.4, 0.5) is 0 Å². The first-order chi connectivity index (χ1) is 11.6. The van der Waals surface area contributed by atoms with Crippen LogP contribution in [0.2, 0.25) is 0 Å². The number of hydrogen-bond donors (Lipinski definition) is 1. The van der Waals surface area contributed by atoms with E-state index >= 15 is 0 Å². The van der Waals surface area contributed by atoms with Gasteiger partial charge in [0, 0.05) is 26.2 Å². The second-order valence-corrected chi connectivity index (χ2v) is 8.49. The zero-order chi connectivity index (χ0) is 18.8. The van der Waals surface area contributed by atoms with Crippen molar-refractivity contribution in [2.24, 2.45) is 0 Å². The monoisotopic (exact) mass is 360 g/mol. The Kier molecular flexibility index (Phi) is 5.65. The van der Waals surface area contributed by atoms with E-state index in [1.54, 1.807) is 19.9 Å². The van der Waals surface area contributed by atoms with Crippen LogP contribution in [0.3, 0.4) is 0 Å². The van der Waals surface area contributed by atoms with Crippen molar-refractivity contribution in [2.75, 3.05) is 14.1 Å². The molecule has 0 saturated heterocycles. The summed E-state index contributed by atoms with van der Waals surface area (Å²) in [6.45, 7) is 5.95. The Balaban J connectivity index is 2.28. The molecule has 1 N–H and O–H groups in total. The van der Waals surface area contributed by atoms with Crippen LogP contribution in [0, 0.1) is 20.8 Å². The summed E-state index contributed by atoms with van der Waals surface area (Å²) < 4.78 is 26.1. The molecular formula is C19H24N2O3S. The Morgan fingerprint density at radius 1 is 1.04 bits per heavy atom. The number of nitrogens with one attached hydrogen (secondary N) is 1. The van der Waals surface area contributed by atoms with E-state index in [-0.39, 0.29) is 10.8 Å². The molecule has 0 aliphatic rings. The summed E-state index contributed by atoms with van der Waals surface area (Å²) in [6, 6.07) is 11.0. The number of amides is 1. The van der Waals surface area contributed by atoms with Gasteiger partial charge in [-0.25, -0.2) is 12.7 Å². The number of carbonyl (C=O) groups is 1. The molecule has 0 aliphatic heterocycles. The van der Waals surface area contributed by atoms with Crippen molar-refractivity contribution in [3.8, 4) is 0 Å². The summed E-state index contributed by atoms with van der Waals surface area (Å²) in [4.78, 5) is 12.6. The molecule has 2 rings (SSSR count). The van der Waals surface area contributed by atoms with Gasteiger partial charge in [0.2, 0.25) is 10.0 Å². The number of benzene rings is 2. The molecule has 0 unspecified atom stereocenters. The number of hydrogen-bond acceptors (Lipinski definition) is 3. The Hall–Kier alpha value is -2.18. The zero-order valence-electron chi connectivity index (χ0n) is 15.3. The zero-order valence-corrected chi connectivity index (χ0v) is 16.1. The first kappa shape index (κ1) is 19.1. The molecule has 0 fully saturated rings. The molecule has 2 aromatic carbocycles. The average molecular weight is 360 g/mol. The van der Waals surface area contributed by atoms with Gasteiger partial charge in [0.15, 0.2) is 0 Å². The maximum atomic E-state index is 12.5. The average Bonchev–Trinajstić information content (AvgIpc) is 2.56. The summed E-state index contributed by atoms with van der Waals surface area (Å²) in [7, 11) is -0.644. The van der Waals surface area contributed by atoms with Gasteiger partial charge < -0.3 is 5.32 Å². The lowest BCUT2D eigenvalue weighted by molar-refractivity contribution is 0.0950. The van der Waals surface area contributed by atoms with Crippen molar-refractivity contribution < 1.29 is 13.2 Å². The quantitative estimate of drug-likeness (QED) is 0.892. The smallest absolute Gasteiger partial charge is 0.251 e. The third-order valence-electron chi connectivity index (χ3n) is 4.21. The molecule has 2 aromatic rings. The lowest BCUT2D eigenvalue weighted by atomic mass is 10.1. The predicted octanol–water partition coefficient (Wildman–Crippen LogP) is 2.79. The van der Waals surface area contributed by atoms with Crippen LogP contribution in [0.1, 0.15) is 32.6 Å². The van der Waals surface area contributed by atoms with Crippen LogP contribution in [0.25, 0.3) is 0 Å². The number of aryl methyl sites for hydroxylation is 2. The summed E-state index contributed by atoms with van der Waals surface area (Å²) >= 11 is 0. The van der Waals surface area contributed by atoms with Gasteiger partial charge in [-0.05, 0) is 49.6 Å². The minimum Gasteiger partial charge on any atom is -0.348 e. The molecule has 6 heteroatoms. The van der Waals surface area contributed by atoms with Crippen LogP contribution in [-0.4, -0.2) is 32.7 Å². The van der Waals surface area contributed by atoms with Gasteiger partial charge in [-0.1, -0.05) is 29.8 Å². The Labute approximate surface area is 149 Å². The molecule has 25 heavy (non-hydrogen) atoms. The third kappa shape index (κ3) is 4.27. The molecule has 0 bridgehead atoms. The largest absolute Gasteiger partial charge is 0.348 e. The highest BCUT2D eigenvalue weighted by atomic mass is 32.2. The van der Waals surface area contributed by atoms with Crippen LogP contribution >= 0.6 is 0 Å². The highest BCUT2D eigenvalue weighted by Crippen LogP contribution is 2.23. The highest BCUT2D eigenvalue weighted by molar-refractivity contribution is 7.89. The van der Waals surface area contributed by atoms with Crippen molar-refractivity contribution in [1.29, 1.82) is 0 Å². The fourth-order valence-electron chi connectivity index (χ4n) is 2.41. The van der Waals surface area contributed by atoms with E-state index in [4.69, 9.17) is 0 Å². The van der Waals surface area contributed by atoms with E-state index in [0.717, 1.165) is 21.0 Å². The molecule has 0 spiro atoms. The van der Waals surface area contributed by atoms with Gasteiger partial charge in [0.05, 0.1) is 4.90 Å². The molecular weight excluding hydrogens is 336 g/mol. The first-order valence-electron chi connectivity index (χ1n) is 8.00. The SMILES string of the molecule is Cc1ccc(CNC(=O)c2cc(C)c(C)c(S(=O)(=O)N(C)C)c2)cc1. The molecule has 0 heterocycles. The Morgan fingerprint density at radius 2 is 1.64 bits per heavy atom. The molecule has 0 aromatic heterocycles. The summed E-state index contributed by atoms with van der Waals surface area (Å²) in [6.07, 6.45) is 0. The lowest BCUT2D eigenvalue weighted by Crippen LogP contribution is -2.26. The number of nitrogens with zero attached hydrogens (tertiary/aromatic N) is 1. The van der Waals surface area contributed by atoms with Crippen molar-refractivity contribution in [1.82, 2.24) is 9.62 Å². The maximum Gasteiger partial charge on any atom is 0.251 e. The molecule has 0 aliphatic carbocycles. The second kappa shape index (κ2) is 7.37. The summed E-state index contributed by atoms with van der Waals surface area (Å²) in [5.74, 6) is -0.293. The molecule has 5 nitrogen and oxygen atoms in total. The van der Waals surface area contributed by atoms with Crippen LogP contribution in [0.5, 0.6) is 0 Å². The van der Waals surface area contributed by atoms with Crippen LogP contribution < -0.4 is 5.32 Å². The normalized spacial score (nSPS) is 11.6.